The summed E-state index contributed by atoms with van der Waals surface area (Å²) in [4.78, 5) is 12.0. The van der Waals surface area contributed by atoms with Gasteiger partial charge in [-0.15, -0.1) is 0 Å². The maximum Gasteiger partial charge on any atom is 0.141 e. The maximum absolute atomic E-state index is 12.0. The largest absolute Gasteiger partial charge is 0.508 e. The van der Waals surface area contributed by atoms with E-state index in [-0.39, 0.29) is 29.4 Å². The Morgan fingerprint density at radius 1 is 0.950 bits per heavy atom. The van der Waals surface area contributed by atoms with Gasteiger partial charge >= 0.3 is 0 Å². The van der Waals surface area contributed by atoms with Gasteiger partial charge in [0, 0.05) is 29.5 Å². The van der Waals surface area contributed by atoms with Gasteiger partial charge < -0.3 is 5.11 Å². The molecule has 0 aliphatic rings. The van der Waals surface area contributed by atoms with Crippen LogP contribution < -0.4 is 0 Å². The second kappa shape index (κ2) is 6.49. The molecule has 5 heteroatoms. The Morgan fingerprint density at radius 3 is 2.20 bits per heavy atom. The summed E-state index contributed by atoms with van der Waals surface area (Å²) in [6.07, 6.45) is 0.377. The molecular formula is C15H11Cl3O2. The van der Waals surface area contributed by atoms with Crippen LogP contribution in [0.5, 0.6) is 5.75 Å². The van der Waals surface area contributed by atoms with Crippen LogP contribution in [0.4, 0.5) is 0 Å². The second-order valence-corrected chi connectivity index (χ2v) is 5.66. The lowest BCUT2D eigenvalue weighted by atomic mass is 10.0. The standard InChI is InChI=1S/C15H11Cl3O2/c16-11-3-1-9(2-4-11)5-12(19)6-10-7-13(17)14(18)8-15(10)20/h1-4,7-8,20H,5-6H2. The van der Waals surface area contributed by atoms with Crippen LogP contribution in [0.1, 0.15) is 11.1 Å². The number of halogens is 3. The Bertz CT molecular complexity index is 636. The number of benzene rings is 2. The number of hydrogen-bond acceptors (Lipinski definition) is 2. The molecule has 1 N–H and O–H groups in total. The minimum Gasteiger partial charge on any atom is -0.508 e. The topological polar surface area (TPSA) is 37.3 Å². The quantitative estimate of drug-likeness (QED) is 0.882. The minimum atomic E-state index is -0.0268. The zero-order valence-electron chi connectivity index (χ0n) is 10.4. The number of phenolic OH excluding ortho intramolecular Hbond substituents is 1. The molecule has 0 spiro atoms. The number of phenols is 1. The highest BCUT2D eigenvalue weighted by molar-refractivity contribution is 6.42. The SMILES string of the molecule is O=C(Cc1ccc(Cl)cc1)Cc1cc(Cl)c(Cl)cc1O. The summed E-state index contributed by atoms with van der Waals surface area (Å²) in [7, 11) is 0. The molecule has 0 saturated heterocycles. The van der Waals surface area contributed by atoms with Crippen molar-refractivity contribution in [2.45, 2.75) is 12.8 Å². The van der Waals surface area contributed by atoms with Crippen molar-refractivity contribution in [3.63, 3.8) is 0 Å². The van der Waals surface area contributed by atoms with E-state index in [2.05, 4.69) is 0 Å². The van der Waals surface area contributed by atoms with Gasteiger partial charge in [-0.25, -0.2) is 0 Å². The first-order valence-corrected chi connectivity index (χ1v) is 7.02. The van der Waals surface area contributed by atoms with E-state index in [1.807, 2.05) is 0 Å². The van der Waals surface area contributed by atoms with Crippen molar-refractivity contribution in [3.8, 4) is 5.75 Å². The molecule has 20 heavy (non-hydrogen) atoms. The predicted octanol–water partition coefficient (Wildman–Crippen LogP) is 4.71. The molecule has 2 rings (SSSR count). The summed E-state index contributed by atoms with van der Waals surface area (Å²) in [5.74, 6) is -0.0510. The lowest BCUT2D eigenvalue weighted by Gasteiger charge is -2.06. The van der Waals surface area contributed by atoms with Gasteiger partial charge in [0.15, 0.2) is 0 Å². The minimum absolute atomic E-state index is 0.0242. The molecule has 0 heterocycles. The number of ketones is 1. The number of carbonyl (C=O) groups excluding carboxylic acids is 1. The molecule has 2 nitrogen and oxygen atoms in total. The number of carbonyl (C=O) groups is 1. The van der Waals surface area contributed by atoms with Gasteiger partial charge in [0.25, 0.3) is 0 Å². The first kappa shape index (κ1) is 15.2. The van der Waals surface area contributed by atoms with E-state index >= 15 is 0 Å². The number of aromatic hydroxyl groups is 1. The normalized spacial score (nSPS) is 10.6. The average molecular weight is 330 g/mol. The van der Waals surface area contributed by atoms with E-state index in [0.717, 1.165) is 5.56 Å². The van der Waals surface area contributed by atoms with Crippen LogP contribution in [0.15, 0.2) is 36.4 Å². The average Bonchev–Trinajstić information content (AvgIpc) is 2.39. The van der Waals surface area contributed by atoms with Crippen molar-refractivity contribution >= 4 is 40.6 Å². The number of rotatable bonds is 4. The zero-order chi connectivity index (χ0) is 14.7. The Kier molecular flexibility index (Phi) is 4.92. The van der Waals surface area contributed by atoms with E-state index in [9.17, 15) is 9.90 Å². The van der Waals surface area contributed by atoms with Crippen LogP contribution in [-0.4, -0.2) is 10.9 Å². The number of Topliss-reactive ketones (excluding diaryl/α,β-unsaturated/α-hetero) is 1. The fourth-order valence-corrected chi connectivity index (χ4v) is 2.29. The van der Waals surface area contributed by atoms with Gasteiger partial charge in [-0.3, -0.25) is 4.79 Å². The third-order valence-corrected chi connectivity index (χ3v) is 3.80. The van der Waals surface area contributed by atoms with Crippen molar-refractivity contribution in [3.05, 3.63) is 62.6 Å². The lowest BCUT2D eigenvalue weighted by molar-refractivity contribution is -0.117. The van der Waals surface area contributed by atoms with Crippen molar-refractivity contribution < 1.29 is 9.90 Å². The molecule has 0 unspecified atom stereocenters. The Hall–Kier alpha value is -1.22. The van der Waals surface area contributed by atoms with Gasteiger partial charge in [-0.05, 0) is 23.8 Å². The first-order chi connectivity index (χ1) is 9.45. The highest BCUT2D eigenvalue weighted by Crippen LogP contribution is 2.30. The second-order valence-electron chi connectivity index (χ2n) is 4.41. The third kappa shape index (κ3) is 3.89. The van der Waals surface area contributed by atoms with E-state index in [1.165, 1.54) is 12.1 Å². The van der Waals surface area contributed by atoms with Gasteiger partial charge in [-0.2, -0.15) is 0 Å². The molecule has 104 valence electrons. The molecule has 2 aromatic rings. The van der Waals surface area contributed by atoms with Crippen LogP contribution in [0.25, 0.3) is 0 Å². The zero-order valence-corrected chi connectivity index (χ0v) is 12.6. The van der Waals surface area contributed by atoms with Gasteiger partial charge in [0.2, 0.25) is 0 Å². The summed E-state index contributed by atoms with van der Waals surface area (Å²) in [5, 5.41) is 11.0. The molecule has 0 aliphatic carbocycles. The Morgan fingerprint density at radius 2 is 1.55 bits per heavy atom. The fraction of sp³-hybridized carbons (Fsp3) is 0.133. The van der Waals surface area contributed by atoms with Crippen LogP contribution in [0.3, 0.4) is 0 Å². The molecule has 0 atom stereocenters. The predicted molar refractivity (Wildman–Crippen MR) is 82.0 cm³/mol. The summed E-state index contributed by atoms with van der Waals surface area (Å²) in [5.41, 5.74) is 1.34. The highest BCUT2D eigenvalue weighted by atomic mass is 35.5. The van der Waals surface area contributed by atoms with Crippen LogP contribution in [0.2, 0.25) is 15.1 Å². The molecular weight excluding hydrogens is 319 g/mol. The molecule has 0 aromatic heterocycles. The summed E-state index contributed by atoms with van der Waals surface area (Å²) >= 11 is 17.4. The first-order valence-electron chi connectivity index (χ1n) is 5.88. The van der Waals surface area contributed by atoms with E-state index < -0.39 is 0 Å². The van der Waals surface area contributed by atoms with Crippen LogP contribution >= 0.6 is 34.8 Å². The number of hydrogen-bond donors (Lipinski definition) is 1. The molecule has 0 aliphatic heterocycles. The van der Waals surface area contributed by atoms with Crippen LogP contribution in [0, 0.1) is 0 Å². The van der Waals surface area contributed by atoms with Crippen molar-refractivity contribution in [1.82, 2.24) is 0 Å². The smallest absolute Gasteiger partial charge is 0.141 e. The Balaban J connectivity index is 2.08. The molecule has 0 fully saturated rings. The maximum atomic E-state index is 12.0. The molecule has 2 aromatic carbocycles. The Labute approximate surface area is 131 Å². The van der Waals surface area contributed by atoms with Gasteiger partial charge in [-0.1, -0.05) is 46.9 Å². The summed E-state index contributed by atoms with van der Waals surface area (Å²) in [6, 6.07) is 9.93. The monoisotopic (exact) mass is 328 g/mol. The van der Waals surface area contributed by atoms with Gasteiger partial charge in [0.1, 0.15) is 11.5 Å². The van der Waals surface area contributed by atoms with Crippen molar-refractivity contribution in [1.29, 1.82) is 0 Å². The summed E-state index contributed by atoms with van der Waals surface area (Å²) < 4.78 is 0. The molecule has 0 bridgehead atoms. The lowest BCUT2D eigenvalue weighted by Crippen LogP contribution is -2.06. The van der Waals surface area contributed by atoms with E-state index in [1.54, 1.807) is 24.3 Å². The molecule has 0 radical (unpaired) electrons. The van der Waals surface area contributed by atoms with Gasteiger partial charge in [0.05, 0.1) is 10.0 Å². The fourth-order valence-electron chi connectivity index (χ4n) is 1.82. The van der Waals surface area contributed by atoms with Crippen molar-refractivity contribution in [2.75, 3.05) is 0 Å². The molecule has 0 amide bonds. The third-order valence-electron chi connectivity index (χ3n) is 2.82. The highest BCUT2D eigenvalue weighted by Gasteiger charge is 2.11. The summed E-state index contributed by atoms with van der Waals surface area (Å²) in [6.45, 7) is 0. The molecule has 0 saturated carbocycles. The van der Waals surface area contributed by atoms with Crippen molar-refractivity contribution in [2.24, 2.45) is 0 Å². The van der Waals surface area contributed by atoms with Crippen LogP contribution in [-0.2, 0) is 17.6 Å². The van der Waals surface area contributed by atoms with E-state index in [4.69, 9.17) is 34.8 Å². The van der Waals surface area contributed by atoms with E-state index in [0.29, 0.717) is 15.6 Å².